The lowest BCUT2D eigenvalue weighted by Crippen LogP contribution is -2.01. The summed E-state index contributed by atoms with van der Waals surface area (Å²) in [5.74, 6) is 15.1. The largest absolute Gasteiger partial charge is 0.338 e. The van der Waals surface area contributed by atoms with Crippen LogP contribution >= 0.6 is 0 Å². The van der Waals surface area contributed by atoms with Crippen molar-refractivity contribution < 1.29 is 0 Å². The van der Waals surface area contributed by atoms with Crippen molar-refractivity contribution in [2.24, 2.45) is 9.98 Å². The van der Waals surface area contributed by atoms with Crippen LogP contribution in [0.5, 0.6) is 0 Å². The number of aliphatic imine (C=N–C) groups is 2. The molecule has 0 spiro atoms. The summed E-state index contributed by atoms with van der Waals surface area (Å²) in [6, 6.07) is 61.2. The maximum atomic E-state index is 5.42. The van der Waals surface area contributed by atoms with Gasteiger partial charge in [0.05, 0.1) is 22.5 Å². The SMILES string of the molecule is C(#Cc1ccccc1)C1=C(c2ccccc2)/C(=N/c2[nH]c(-c3ccccc3)c(C#Cc3ccccc3)c2-c2ccccc2)N=C1c1ccccc1. The highest BCUT2D eigenvalue weighted by Crippen LogP contribution is 2.41. The van der Waals surface area contributed by atoms with Gasteiger partial charge in [0.15, 0.2) is 5.84 Å². The second kappa shape index (κ2) is 14.5. The molecule has 0 radical (unpaired) electrons. The molecule has 3 nitrogen and oxygen atoms in total. The molecule has 0 atom stereocenters. The van der Waals surface area contributed by atoms with Crippen LogP contribution in [0, 0.1) is 23.7 Å². The number of amidine groups is 1. The smallest absolute Gasteiger partial charge is 0.164 e. The summed E-state index contributed by atoms with van der Waals surface area (Å²) in [5, 5.41) is 0. The van der Waals surface area contributed by atoms with E-state index in [2.05, 4.69) is 77.2 Å². The predicted molar refractivity (Wildman–Crippen MR) is 211 cm³/mol. The molecule has 7 aromatic rings. The Hall–Kier alpha value is -7.20. The number of aromatic nitrogens is 1. The van der Waals surface area contributed by atoms with Gasteiger partial charge < -0.3 is 4.98 Å². The van der Waals surface area contributed by atoms with Gasteiger partial charge in [0.25, 0.3) is 0 Å². The summed E-state index contributed by atoms with van der Waals surface area (Å²) in [5.41, 5.74) is 11.0. The Bertz CT molecular complexity index is 2520. The predicted octanol–water partition coefficient (Wildman–Crippen LogP) is 10.8. The monoisotopic (exact) mass is 649 g/mol. The van der Waals surface area contributed by atoms with Gasteiger partial charge in [-0.05, 0) is 41.0 Å². The molecular weight excluding hydrogens is 619 g/mol. The topological polar surface area (TPSA) is 40.5 Å². The zero-order valence-corrected chi connectivity index (χ0v) is 27.7. The van der Waals surface area contributed by atoms with Gasteiger partial charge in [-0.1, -0.05) is 181 Å². The van der Waals surface area contributed by atoms with E-state index in [9.17, 15) is 0 Å². The Kier molecular flexibility index (Phi) is 8.84. The quantitative estimate of drug-likeness (QED) is 0.180. The van der Waals surface area contributed by atoms with Crippen LogP contribution in [0.1, 0.15) is 27.8 Å². The number of rotatable bonds is 5. The Morgan fingerprint density at radius 1 is 0.431 bits per heavy atom. The van der Waals surface area contributed by atoms with Crippen molar-refractivity contribution in [3.8, 4) is 46.1 Å². The van der Waals surface area contributed by atoms with E-state index < -0.39 is 0 Å². The molecule has 0 unspecified atom stereocenters. The second-order valence-corrected chi connectivity index (χ2v) is 11.9. The maximum absolute atomic E-state index is 5.42. The number of nitrogens with zero attached hydrogens (tertiary/aromatic N) is 2. The molecule has 2 heterocycles. The number of H-pyrrole nitrogens is 1. The van der Waals surface area contributed by atoms with Gasteiger partial charge in [0.1, 0.15) is 5.82 Å². The minimum Gasteiger partial charge on any atom is -0.338 e. The number of allylic oxidation sites excluding steroid dienone is 1. The summed E-state index contributed by atoms with van der Waals surface area (Å²) in [4.78, 5) is 14.4. The van der Waals surface area contributed by atoms with Crippen molar-refractivity contribution in [2.75, 3.05) is 0 Å². The third kappa shape index (κ3) is 6.74. The first-order valence-electron chi connectivity index (χ1n) is 16.9. The molecule has 1 aromatic heterocycles. The van der Waals surface area contributed by atoms with Crippen molar-refractivity contribution in [2.45, 2.75) is 0 Å². The fourth-order valence-electron chi connectivity index (χ4n) is 6.15. The molecule has 0 saturated heterocycles. The molecule has 0 amide bonds. The van der Waals surface area contributed by atoms with Crippen LogP contribution in [0.2, 0.25) is 0 Å². The standard InChI is InChI=1S/C48H31N3/c1-7-19-35(20-8-1)31-33-41-43(37-23-11-3-12-24-37)47(49-45(41)39-27-15-5-16-28-39)51-48-44(38-25-13-4-14-26-38)42(34-32-36-21-9-2-10-22-36)46(50-48)40-29-17-6-18-30-40/h1-30,49H/b51-48-. The van der Waals surface area contributed by atoms with Crippen LogP contribution in [0.15, 0.2) is 198 Å². The zero-order valence-electron chi connectivity index (χ0n) is 27.7. The summed E-state index contributed by atoms with van der Waals surface area (Å²) in [6.45, 7) is 0. The number of benzene rings is 6. The van der Waals surface area contributed by atoms with Crippen LogP contribution in [-0.4, -0.2) is 16.5 Å². The first-order valence-corrected chi connectivity index (χ1v) is 16.9. The molecule has 1 aliphatic heterocycles. The van der Waals surface area contributed by atoms with Crippen molar-refractivity contribution >= 4 is 22.9 Å². The highest BCUT2D eigenvalue weighted by molar-refractivity contribution is 6.42. The Labute approximate surface area is 298 Å². The van der Waals surface area contributed by atoms with Gasteiger partial charge in [0, 0.05) is 27.8 Å². The lowest BCUT2D eigenvalue weighted by Gasteiger charge is -2.07. The number of hydrogen-bond donors (Lipinski definition) is 1. The minimum absolute atomic E-state index is 0.582. The van der Waals surface area contributed by atoms with Gasteiger partial charge in [0.2, 0.25) is 0 Å². The van der Waals surface area contributed by atoms with E-state index in [4.69, 9.17) is 9.98 Å². The Balaban J connectivity index is 1.41. The van der Waals surface area contributed by atoms with Crippen LogP contribution in [0.25, 0.3) is 28.0 Å². The lowest BCUT2D eigenvalue weighted by atomic mass is 9.95. The number of aromatic amines is 1. The van der Waals surface area contributed by atoms with E-state index in [1.54, 1.807) is 0 Å². The van der Waals surface area contributed by atoms with E-state index in [-0.39, 0.29) is 0 Å². The highest BCUT2D eigenvalue weighted by Gasteiger charge is 2.28. The number of hydrogen-bond acceptors (Lipinski definition) is 1. The van der Waals surface area contributed by atoms with Gasteiger partial charge in [-0.2, -0.15) is 0 Å². The van der Waals surface area contributed by atoms with Gasteiger partial charge in [-0.3, -0.25) is 0 Å². The average molecular weight is 650 g/mol. The first-order chi connectivity index (χ1) is 25.3. The Morgan fingerprint density at radius 2 is 0.882 bits per heavy atom. The summed E-state index contributed by atoms with van der Waals surface area (Å²) in [6.07, 6.45) is 0. The molecule has 0 fully saturated rings. The van der Waals surface area contributed by atoms with Crippen molar-refractivity contribution in [1.82, 2.24) is 4.98 Å². The minimum atomic E-state index is 0.582. The van der Waals surface area contributed by atoms with Gasteiger partial charge >= 0.3 is 0 Å². The van der Waals surface area contributed by atoms with Gasteiger partial charge in [-0.15, -0.1) is 0 Å². The van der Waals surface area contributed by atoms with Crippen molar-refractivity contribution in [3.63, 3.8) is 0 Å². The molecule has 1 aliphatic rings. The first kappa shape index (κ1) is 31.1. The van der Waals surface area contributed by atoms with E-state index >= 15 is 0 Å². The number of nitrogens with one attached hydrogen (secondary N) is 1. The van der Waals surface area contributed by atoms with Crippen LogP contribution in [0.3, 0.4) is 0 Å². The lowest BCUT2D eigenvalue weighted by molar-refractivity contribution is 1.33. The van der Waals surface area contributed by atoms with Crippen LogP contribution in [-0.2, 0) is 0 Å². The molecule has 8 rings (SSSR count). The molecule has 1 N–H and O–H groups in total. The van der Waals surface area contributed by atoms with Gasteiger partial charge in [-0.25, -0.2) is 9.98 Å². The molecular formula is C48H31N3. The maximum Gasteiger partial charge on any atom is 0.164 e. The summed E-state index contributed by atoms with van der Waals surface area (Å²) in [7, 11) is 0. The van der Waals surface area contributed by atoms with E-state index in [1.807, 2.05) is 133 Å². The Morgan fingerprint density at radius 3 is 1.43 bits per heavy atom. The summed E-state index contributed by atoms with van der Waals surface area (Å²) < 4.78 is 0. The summed E-state index contributed by atoms with van der Waals surface area (Å²) >= 11 is 0. The van der Waals surface area contributed by atoms with Crippen molar-refractivity contribution in [3.05, 3.63) is 215 Å². The van der Waals surface area contributed by atoms with E-state index in [0.29, 0.717) is 11.7 Å². The van der Waals surface area contributed by atoms with Crippen LogP contribution in [0.4, 0.5) is 5.82 Å². The zero-order chi connectivity index (χ0) is 34.2. The fraction of sp³-hybridized carbons (Fsp3) is 0. The molecule has 238 valence electrons. The molecule has 0 aliphatic carbocycles. The average Bonchev–Trinajstić information content (AvgIpc) is 3.76. The highest BCUT2D eigenvalue weighted by atomic mass is 15.0. The third-order valence-corrected chi connectivity index (χ3v) is 8.57. The molecule has 0 bridgehead atoms. The second-order valence-electron chi connectivity index (χ2n) is 11.9. The van der Waals surface area contributed by atoms with E-state index in [1.165, 1.54) is 0 Å². The molecule has 3 heteroatoms. The van der Waals surface area contributed by atoms with Crippen molar-refractivity contribution in [1.29, 1.82) is 0 Å². The van der Waals surface area contributed by atoms with E-state index in [0.717, 1.165) is 67.1 Å². The molecule has 6 aromatic carbocycles. The molecule has 0 saturated carbocycles. The molecule has 51 heavy (non-hydrogen) atoms. The third-order valence-electron chi connectivity index (χ3n) is 8.57. The normalized spacial score (nSPS) is 12.9. The van der Waals surface area contributed by atoms with Crippen LogP contribution < -0.4 is 0 Å². The fourth-order valence-corrected chi connectivity index (χ4v) is 6.15.